The van der Waals surface area contributed by atoms with Gasteiger partial charge in [0.05, 0.1) is 31.3 Å². The van der Waals surface area contributed by atoms with Crippen molar-refractivity contribution in [3.63, 3.8) is 0 Å². The van der Waals surface area contributed by atoms with E-state index in [1.807, 2.05) is 45.0 Å². The Morgan fingerprint density at radius 2 is 1.45 bits per heavy atom. The number of carbonyl (C=O) groups excluding carboxylic acids is 3. The molecule has 0 unspecified atom stereocenters. The predicted octanol–water partition coefficient (Wildman–Crippen LogP) is 3.09. The standard InChI is InChI=1S/C41H60N2O12/c1-40(2,3)54-35(49)18-14-9-7-5-4-6-8-11-15-28-19-21-29(22-20-28)23-33(47)42-25-32(46)37(50)38-36(43-34(48)26-44)31(45)24-41(55-38,39(51)52)53-27-30-16-12-10-13-17-30/h10,12-13,16-17,19-22,31-32,36-38,44-46,50H,4-9,11,14-15,18,23-27H2,1-3H3,(H,42,47)(H,43,48)(H,51,52)/t31-,32+,36+,37+,38+,41+/m0/s1. The quantitative estimate of drug-likeness (QED) is 0.0640. The maximum absolute atomic E-state index is 12.8. The summed E-state index contributed by atoms with van der Waals surface area (Å²) >= 11 is 0. The van der Waals surface area contributed by atoms with Gasteiger partial charge < -0.3 is 50.4 Å². The van der Waals surface area contributed by atoms with Gasteiger partial charge in [-0.2, -0.15) is 0 Å². The van der Waals surface area contributed by atoms with Crippen LogP contribution in [0.3, 0.4) is 0 Å². The number of aliphatic hydroxyl groups excluding tert-OH is 4. The Labute approximate surface area is 323 Å². The number of hydrogen-bond donors (Lipinski definition) is 7. The molecule has 0 bridgehead atoms. The first-order chi connectivity index (χ1) is 26.1. The highest BCUT2D eigenvalue weighted by molar-refractivity contribution is 5.79. The Morgan fingerprint density at radius 3 is 2.05 bits per heavy atom. The summed E-state index contributed by atoms with van der Waals surface area (Å²) in [6.07, 6.45) is 2.44. The molecule has 6 atom stereocenters. The molecule has 7 N–H and O–H groups in total. The average Bonchev–Trinajstić information content (AvgIpc) is 3.14. The van der Waals surface area contributed by atoms with Gasteiger partial charge in [0.1, 0.15) is 24.4 Å². The summed E-state index contributed by atoms with van der Waals surface area (Å²) in [5.41, 5.74) is 2.08. The van der Waals surface area contributed by atoms with E-state index in [9.17, 15) is 44.7 Å². The minimum Gasteiger partial charge on any atom is -0.477 e. The van der Waals surface area contributed by atoms with Crippen LogP contribution in [-0.2, 0) is 52.8 Å². The molecular weight excluding hydrogens is 712 g/mol. The fourth-order valence-electron chi connectivity index (χ4n) is 6.40. The molecule has 14 heteroatoms. The zero-order valence-electron chi connectivity index (χ0n) is 32.3. The molecule has 1 heterocycles. The van der Waals surface area contributed by atoms with Gasteiger partial charge in [-0.1, -0.05) is 93.1 Å². The highest BCUT2D eigenvalue weighted by Gasteiger charge is 2.56. The van der Waals surface area contributed by atoms with Crippen LogP contribution in [0.2, 0.25) is 0 Å². The van der Waals surface area contributed by atoms with Crippen molar-refractivity contribution >= 4 is 23.8 Å². The van der Waals surface area contributed by atoms with Crippen LogP contribution in [0.15, 0.2) is 54.6 Å². The molecule has 14 nitrogen and oxygen atoms in total. The minimum atomic E-state index is -2.46. The third-order valence-electron chi connectivity index (χ3n) is 9.33. The second-order valence-electron chi connectivity index (χ2n) is 15.2. The predicted molar refractivity (Wildman–Crippen MR) is 202 cm³/mol. The number of hydrogen-bond acceptors (Lipinski definition) is 11. The minimum absolute atomic E-state index is 0.00411. The average molecular weight is 773 g/mol. The smallest absolute Gasteiger partial charge is 0.364 e. The van der Waals surface area contributed by atoms with E-state index in [1.54, 1.807) is 30.3 Å². The van der Waals surface area contributed by atoms with Gasteiger partial charge in [0.25, 0.3) is 5.79 Å². The zero-order chi connectivity index (χ0) is 40.4. The number of ether oxygens (including phenoxy) is 3. The van der Waals surface area contributed by atoms with Crippen LogP contribution < -0.4 is 10.6 Å². The van der Waals surface area contributed by atoms with Crippen molar-refractivity contribution in [3.05, 3.63) is 71.3 Å². The van der Waals surface area contributed by atoms with Crippen molar-refractivity contribution in [2.24, 2.45) is 0 Å². The van der Waals surface area contributed by atoms with Crippen LogP contribution >= 0.6 is 0 Å². The maximum atomic E-state index is 12.8. The largest absolute Gasteiger partial charge is 0.477 e. The van der Waals surface area contributed by atoms with Gasteiger partial charge in [0.2, 0.25) is 11.8 Å². The Hall–Kier alpha value is -3.92. The number of rotatable bonds is 23. The summed E-state index contributed by atoms with van der Waals surface area (Å²) in [4.78, 5) is 49.1. The van der Waals surface area contributed by atoms with Crippen molar-refractivity contribution in [1.29, 1.82) is 0 Å². The maximum Gasteiger partial charge on any atom is 0.364 e. The lowest BCUT2D eigenvalue weighted by atomic mass is 9.88. The van der Waals surface area contributed by atoms with E-state index in [1.165, 1.54) is 0 Å². The molecule has 306 valence electrons. The number of carboxylic acid groups (broad SMARTS) is 1. The number of aliphatic hydroxyl groups is 4. The first-order valence-corrected chi connectivity index (χ1v) is 19.2. The number of unbranched alkanes of at least 4 members (excludes halogenated alkanes) is 7. The van der Waals surface area contributed by atoms with Crippen LogP contribution in [0, 0.1) is 0 Å². The fraction of sp³-hybridized carbons (Fsp3) is 0.610. The van der Waals surface area contributed by atoms with Crippen LogP contribution in [-0.4, -0.2) is 104 Å². The third kappa shape index (κ3) is 16.0. The molecular formula is C41H60N2O12. The first kappa shape index (κ1) is 45.5. The van der Waals surface area contributed by atoms with Crippen molar-refractivity contribution in [1.82, 2.24) is 10.6 Å². The summed E-state index contributed by atoms with van der Waals surface area (Å²) < 4.78 is 16.7. The molecule has 2 aromatic carbocycles. The Kier molecular flexibility index (Phi) is 18.7. The topological polar surface area (TPSA) is 221 Å². The first-order valence-electron chi connectivity index (χ1n) is 19.2. The molecule has 1 saturated heterocycles. The molecule has 2 amide bonds. The lowest BCUT2D eigenvalue weighted by molar-refractivity contribution is -0.314. The zero-order valence-corrected chi connectivity index (χ0v) is 32.3. The summed E-state index contributed by atoms with van der Waals surface area (Å²) in [5.74, 6) is -5.56. The van der Waals surface area contributed by atoms with Gasteiger partial charge in [0.15, 0.2) is 0 Å². The van der Waals surface area contributed by atoms with E-state index in [-0.39, 0.29) is 19.0 Å². The number of amides is 2. The van der Waals surface area contributed by atoms with E-state index in [0.29, 0.717) is 12.0 Å². The number of benzene rings is 2. The van der Waals surface area contributed by atoms with E-state index < -0.39 is 79.2 Å². The molecule has 0 aliphatic carbocycles. The Bertz CT molecular complexity index is 1480. The monoisotopic (exact) mass is 772 g/mol. The van der Waals surface area contributed by atoms with Crippen LogP contribution in [0.25, 0.3) is 0 Å². The highest BCUT2D eigenvalue weighted by Crippen LogP contribution is 2.34. The van der Waals surface area contributed by atoms with Gasteiger partial charge in [-0.15, -0.1) is 0 Å². The number of aryl methyl sites for hydroxylation is 1. The van der Waals surface area contributed by atoms with Crippen molar-refractivity contribution < 1.29 is 58.9 Å². The van der Waals surface area contributed by atoms with Crippen molar-refractivity contribution in [3.8, 4) is 0 Å². The molecule has 55 heavy (non-hydrogen) atoms. The van der Waals surface area contributed by atoms with E-state index in [2.05, 4.69) is 10.6 Å². The summed E-state index contributed by atoms with van der Waals surface area (Å²) in [6.45, 7) is 4.00. The van der Waals surface area contributed by atoms with Crippen molar-refractivity contribution in [2.45, 2.75) is 146 Å². The summed E-state index contributed by atoms with van der Waals surface area (Å²) in [5, 5.41) is 57.2. The molecule has 0 aromatic heterocycles. The fourth-order valence-corrected chi connectivity index (χ4v) is 6.40. The highest BCUT2D eigenvalue weighted by atomic mass is 16.7. The summed E-state index contributed by atoms with van der Waals surface area (Å²) in [7, 11) is 0. The lowest BCUT2D eigenvalue weighted by Gasteiger charge is -2.46. The van der Waals surface area contributed by atoms with Gasteiger partial charge in [-0.05, 0) is 56.7 Å². The molecule has 1 aliphatic rings. The Morgan fingerprint density at radius 1 is 0.855 bits per heavy atom. The van der Waals surface area contributed by atoms with Gasteiger partial charge in [-0.3, -0.25) is 14.4 Å². The second kappa shape index (κ2) is 22.6. The van der Waals surface area contributed by atoms with E-state index in [0.717, 1.165) is 68.9 Å². The summed E-state index contributed by atoms with van der Waals surface area (Å²) in [6, 6.07) is 14.9. The second-order valence-corrected chi connectivity index (χ2v) is 15.2. The number of carboxylic acids is 1. The molecule has 0 radical (unpaired) electrons. The molecule has 0 saturated carbocycles. The lowest BCUT2D eigenvalue weighted by Crippen LogP contribution is -2.68. The van der Waals surface area contributed by atoms with Crippen LogP contribution in [0.5, 0.6) is 0 Å². The van der Waals surface area contributed by atoms with Crippen LogP contribution in [0.1, 0.15) is 102 Å². The van der Waals surface area contributed by atoms with Gasteiger partial charge in [0, 0.05) is 19.4 Å². The Balaban J connectivity index is 1.43. The number of esters is 1. The van der Waals surface area contributed by atoms with Gasteiger partial charge >= 0.3 is 11.9 Å². The molecule has 3 rings (SSSR count). The van der Waals surface area contributed by atoms with Gasteiger partial charge in [-0.25, -0.2) is 4.79 Å². The third-order valence-corrected chi connectivity index (χ3v) is 9.33. The number of aliphatic carboxylic acids is 1. The molecule has 1 aliphatic heterocycles. The molecule has 0 spiro atoms. The molecule has 2 aromatic rings. The SMILES string of the molecule is CC(C)(C)OC(=O)CCCCCCCCCCc1ccc(CC(=O)NC[C@@H](O)[C@@H](O)[C@@H]2O[C@@](OCc3ccccc3)(C(=O)O)C[C@H](O)[C@H]2NC(=O)CO)cc1. The van der Waals surface area contributed by atoms with Crippen LogP contribution in [0.4, 0.5) is 0 Å². The number of nitrogens with one attached hydrogen (secondary N) is 2. The van der Waals surface area contributed by atoms with E-state index >= 15 is 0 Å². The number of carbonyl (C=O) groups is 4. The normalized spacial score (nSPS) is 21.0. The van der Waals surface area contributed by atoms with Crippen molar-refractivity contribution in [2.75, 3.05) is 13.2 Å². The van der Waals surface area contributed by atoms with E-state index in [4.69, 9.17) is 14.2 Å². The molecule has 1 fully saturated rings.